The number of sulfonamides is 1. The van der Waals surface area contributed by atoms with Gasteiger partial charge in [0.15, 0.2) is 0 Å². The van der Waals surface area contributed by atoms with Gasteiger partial charge >= 0.3 is 0 Å². The summed E-state index contributed by atoms with van der Waals surface area (Å²) in [5, 5.41) is 2.98. The summed E-state index contributed by atoms with van der Waals surface area (Å²) in [7, 11) is -2.43. The van der Waals surface area contributed by atoms with Crippen LogP contribution in [0.25, 0.3) is 0 Å². The molecule has 214 valence electrons. The molecular formula is C31H39N3O5S. The van der Waals surface area contributed by atoms with E-state index < -0.39 is 28.5 Å². The number of rotatable bonds is 14. The minimum atomic E-state index is -3.89. The fraction of sp³-hybridized carbons (Fsp3) is 0.355. The number of unbranched alkanes of at least 4 members (excludes halogenated alkanes) is 1. The zero-order valence-corrected chi connectivity index (χ0v) is 24.5. The molecule has 3 rings (SSSR count). The molecule has 0 fully saturated rings. The van der Waals surface area contributed by atoms with Crippen molar-refractivity contribution in [2.24, 2.45) is 0 Å². The van der Waals surface area contributed by atoms with Crippen LogP contribution in [0.1, 0.15) is 36.5 Å². The highest BCUT2D eigenvalue weighted by Gasteiger charge is 2.33. The summed E-state index contributed by atoms with van der Waals surface area (Å²) in [6.45, 7) is 4.02. The molecule has 0 saturated carbocycles. The van der Waals surface area contributed by atoms with Gasteiger partial charge in [0.2, 0.25) is 21.8 Å². The van der Waals surface area contributed by atoms with Crippen molar-refractivity contribution < 1.29 is 22.7 Å². The number of amides is 2. The van der Waals surface area contributed by atoms with Crippen molar-refractivity contribution >= 4 is 27.5 Å². The van der Waals surface area contributed by atoms with Crippen molar-refractivity contribution in [3.05, 3.63) is 95.6 Å². The topological polar surface area (TPSA) is 96.0 Å². The van der Waals surface area contributed by atoms with E-state index in [-0.39, 0.29) is 24.6 Å². The van der Waals surface area contributed by atoms with E-state index in [4.69, 9.17) is 4.74 Å². The summed E-state index contributed by atoms with van der Waals surface area (Å²) in [5.74, 6) is -0.443. The Bertz CT molecular complexity index is 1360. The summed E-state index contributed by atoms with van der Waals surface area (Å²) < 4.78 is 32.5. The highest BCUT2D eigenvalue weighted by Crippen LogP contribution is 2.31. The van der Waals surface area contributed by atoms with Crippen molar-refractivity contribution in [2.45, 2.75) is 45.7 Å². The van der Waals surface area contributed by atoms with Crippen LogP contribution in [0.4, 0.5) is 5.69 Å². The number of hydrogen-bond acceptors (Lipinski definition) is 5. The first-order valence-electron chi connectivity index (χ1n) is 13.4. The number of ether oxygens (including phenoxy) is 1. The van der Waals surface area contributed by atoms with E-state index in [1.807, 2.05) is 80.6 Å². The highest BCUT2D eigenvalue weighted by molar-refractivity contribution is 7.92. The first kappa shape index (κ1) is 30.7. The molecule has 0 heterocycles. The van der Waals surface area contributed by atoms with Crippen LogP contribution in [-0.4, -0.2) is 57.6 Å². The van der Waals surface area contributed by atoms with Gasteiger partial charge in [-0.3, -0.25) is 13.9 Å². The molecule has 3 aromatic rings. The molecular weight excluding hydrogens is 526 g/mol. The Labute approximate surface area is 238 Å². The van der Waals surface area contributed by atoms with E-state index in [0.29, 0.717) is 12.3 Å². The third kappa shape index (κ3) is 8.58. The van der Waals surface area contributed by atoms with Gasteiger partial charge in [-0.05, 0) is 42.2 Å². The van der Waals surface area contributed by atoms with Crippen LogP contribution in [0.2, 0.25) is 0 Å². The Morgan fingerprint density at radius 1 is 0.950 bits per heavy atom. The molecule has 0 radical (unpaired) electrons. The Hall–Kier alpha value is -3.85. The predicted molar refractivity (Wildman–Crippen MR) is 159 cm³/mol. The lowest BCUT2D eigenvalue weighted by Gasteiger charge is -2.33. The van der Waals surface area contributed by atoms with E-state index in [1.165, 1.54) is 12.0 Å². The van der Waals surface area contributed by atoms with Gasteiger partial charge in [0.05, 0.1) is 19.1 Å². The van der Waals surface area contributed by atoms with Crippen LogP contribution >= 0.6 is 0 Å². The van der Waals surface area contributed by atoms with Crippen LogP contribution in [0.5, 0.6) is 5.75 Å². The first-order chi connectivity index (χ1) is 19.1. The van der Waals surface area contributed by atoms with E-state index >= 15 is 0 Å². The number of carbonyl (C=O) groups excluding carboxylic acids is 2. The maximum Gasteiger partial charge on any atom is 0.244 e. The van der Waals surface area contributed by atoms with Crippen LogP contribution in [0.15, 0.2) is 78.9 Å². The van der Waals surface area contributed by atoms with Gasteiger partial charge in [-0.2, -0.15) is 0 Å². The molecule has 0 aliphatic heterocycles. The molecule has 0 spiro atoms. The van der Waals surface area contributed by atoms with E-state index in [2.05, 4.69) is 5.32 Å². The van der Waals surface area contributed by atoms with Gasteiger partial charge in [-0.1, -0.05) is 80.1 Å². The number of methoxy groups -OCH3 is 1. The van der Waals surface area contributed by atoms with Crippen LogP contribution in [0.3, 0.4) is 0 Å². The van der Waals surface area contributed by atoms with Crippen LogP contribution in [0, 0.1) is 6.92 Å². The number of benzene rings is 3. The first-order valence-corrected chi connectivity index (χ1v) is 15.3. The minimum absolute atomic E-state index is 0.140. The third-order valence-electron chi connectivity index (χ3n) is 6.58. The van der Waals surface area contributed by atoms with Gasteiger partial charge in [-0.25, -0.2) is 8.42 Å². The maximum absolute atomic E-state index is 14.1. The molecule has 3 aromatic carbocycles. The second-order valence-corrected chi connectivity index (χ2v) is 11.7. The SMILES string of the molecule is CCCCNC(=O)[C@H](Cc1ccccc1)N(Cc1ccccc1)C(=O)CN(c1cc(C)ccc1OC)S(C)(=O)=O. The van der Waals surface area contributed by atoms with E-state index in [1.54, 1.807) is 12.1 Å². The molecule has 0 saturated heterocycles. The summed E-state index contributed by atoms with van der Waals surface area (Å²) in [6.07, 6.45) is 3.07. The van der Waals surface area contributed by atoms with Crippen molar-refractivity contribution in [3.63, 3.8) is 0 Å². The number of anilines is 1. The summed E-state index contributed by atoms with van der Waals surface area (Å²) in [6, 6.07) is 23.2. The maximum atomic E-state index is 14.1. The lowest BCUT2D eigenvalue weighted by molar-refractivity contribution is -0.140. The lowest BCUT2D eigenvalue weighted by Crippen LogP contribution is -2.53. The van der Waals surface area contributed by atoms with Gasteiger partial charge in [0.1, 0.15) is 18.3 Å². The average molecular weight is 566 g/mol. The van der Waals surface area contributed by atoms with E-state index in [9.17, 15) is 18.0 Å². The molecule has 0 aromatic heterocycles. The molecule has 9 heteroatoms. The smallest absolute Gasteiger partial charge is 0.244 e. The quantitative estimate of drug-likeness (QED) is 0.294. The largest absolute Gasteiger partial charge is 0.495 e. The number of hydrogen-bond donors (Lipinski definition) is 1. The standard InChI is InChI=1S/C31H39N3O5S/c1-5-6-19-32-31(36)28(21-25-13-9-7-10-14-25)33(22-26-15-11-8-12-16-26)30(35)23-34(40(4,37)38)27-20-24(2)17-18-29(27)39-3/h7-18,20,28H,5-6,19,21-23H2,1-4H3,(H,32,36)/t28-/m0/s1. The van der Waals surface area contributed by atoms with Crippen molar-refractivity contribution in [2.75, 3.05) is 30.8 Å². The van der Waals surface area contributed by atoms with E-state index in [0.717, 1.165) is 40.1 Å². The molecule has 0 unspecified atom stereocenters. The second-order valence-electron chi connectivity index (χ2n) is 9.80. The molecule has 0 aliphatic carbocycles. The van der Waals surface area contributed by atoms with Crippen molar-refractivity contribution in [1.82, 2.24) is 10.2 Å². The monoisotopic (exact) mass is 565 g/mol. The van der Waals surface area contributed by atoms with Gasteiger partial charge in [0, 0.05) is 19.5 Å². The molecule has 8 nitrogen and oxygen atoms in total. The predicted octanol–water partition coefficient (Wildman–Crippen LogP) is 4.33. The fourth-order valence-electron chi connectivity index (χ4n) is 4.43. The highest BCUT2D eigenvalue weighted by atomic mass is 32.2. The molecule has 40 heavy (non-hydrogen) atoms. The normalized spacial score (nSPS) is 11.9. The van der Waals surface area contributed by atoms with Crippen LogP contribution < -0.4 is 14.4 Å². The zero-order valence-electron chi connectivity index (χ0n) is 23.7. The summed E-state index contributed by atoms with van der Waals surface area (Å²) in [5.41, 5.74) is 2.80. The second kappa shape index (κ2) is 14.5. The van der Waals surface area contributed by atoms with Crippen molar-refractivity contribution in [1.29, 1.82) is 0 Å². The van der Waals surface area contributed by atoms with Crippen molar-refractivity contribution in [3.8, 4) is 5.75 Å². The number of aryl methyl sites for hydroxylation is 1. The lowest BCUT2D eigenvalue weighted by atomic mass is 10.0. The average Bonchev–Trinajstić information content (AvgIpc) is 2.94. The Kier molecular flexibility index (Phi) is 11.1. The molecule has 1 atom stereocenters. The number of nitrogens with one attached hydrogen (secondary N) is 1. The fourth-order valence-corrected chi connectivity index (χ4v) is 5.27. The molecule has 2 amide bonds. The molecule has 0 bridgehead atoms. The minimum Gasteiger partial charge on any atom is -0.495 e. The van der Waals surface area contributed by atoms with Gasteiger partial charge in [0.25, 0.3) is 0 Å². The van der Waals surface area contributed by atoms with Crippen LogP contribution in [-0.2, 0) is 32.6 Å². The molecule has 1 N–H and O–H groups in total. The Morgan fingerprint density at radius 2 is 1.57 bits per heavy atom. The van der Waals surface area contributed by atoms with Gasteiger partial charge < -0.3 is 15.0 Å². The summed E-state index contributed by atoms with van der Waals surface area (Å²) >= 11 is 0. The third-order valence-corrected chi connectivity index (χ3v) is 7.71. The number of nitrogens with zero attached hydrogens (tertiary/aromatic N) is 2. The summed E-state index contributed by atoms with van der Waals surface area (Å²) in [4.78, 5) is 29.2. The molecule has 0 aliphatic rings. The Morgan fingerprint density at radius 3 is 2.15 bits per heavy atom. The van der Waals surface area contributed by atoms with Gasteiger partial charge in [-0.15, -0.1) is 0 Å². The Balaban J connectivity index is 2.05. The number of carbonyl (C=O) groups is 2. The zero-order chi connectivity index (χ0) is 29.1.